The van der Waals surface area contributed by atoms with Gasteiger partial charge in [-0.1, -0.05) is 13.0 Å². The van der Waals surface area contributed by atoms with Gasteiger partial charge in [-0.05, 0) is 17.5 Å². The number of rotatable bonds is 4. The second-order valence-corrected chi connectivity index (χ2v) is 4.41. The number of nitrogens with one attached hydrogen (secondary N) is 1. The number of hydrogen-bond donors (Lipinski definition) is 1. The minimum absolute atomic E-state index is 0.0686. The first kappa shape index (κ1) is 14.0. The van der Waals surface area contributed by atoms with E-state index in [2.05, 4.69) is 15.3 Å². The van der Waals surface area contributed by atoms with Gasteiger partial charge in [0.15, 0.2) is 5.82 Å². The van der Waals surface area contributed by atoms with Crippen molar-refractivity contribution in [2.24, 2.45) is 0 Å². The van der Waals surface area contributed by atoms with Crippen molar-refractivity contribution in [2.75, 3.05) is 5.32 Å². The van der Waals surface area contributed by atoms with E-state index in [0.717, 1.165) is 6.07 Å². The summed E-state index contributed by atoms with van der Waals surface area (Å²) in [6.45, 7) is 1.70. The van der Waals surface area contributed by atoms with Crippen LogP contribution in [0, 0.1) is 11.6 Å². The second kappa shape index (κ2) is 6.18. The van der Waals surface area contributed by atoms with Gasteiger partial charge in [0, 0.05) is 24.9 Å². The molecule has 1 amide bonds. The molecule has 6 heteroatoms. The van der Waals surface area contributed by atoms with Crippen LogP contribution in [0.1, 0.15) is 24.8 Å². The first-order valence-corrected chi connectivity index (χ1v) is 6.07. The highest BCUT2D eigenvalue weighted by Crippen LogP contribution is 2.23. The molecule has 1 aromatic carbocycles. The molecular weight excluding hydrogens is 264 g/mol. The molecule has 0 saturated heterocycles. The van der Waals surface area contributed by atoms with Gasteiger partial charge in [0.25, 0.3) is 0 Å². The van der Waals surface area contributed by atoms with Gasteiger partial charge in [-0.25, -0.2) is 13.8 Å². The fourth-order valence-corrected chi connectivity index (χ4v) is 1.85. The van der Waals surface area contributed by atoms with Crippen LogP contribution in [0.3, 0.4) is 0 Å². The van der Waals surface area contributed by atoms with Crippen molar-refractivity contribution in [1.82, 2.24) is 9.97 Å². The van der Waals surface area contributed by atoms with Crippen molar-refractivity contribution in [3.05, 3.63) is 54.0 Å². The maximum absolute atomic E-state index is 13.6. The van der Waals surface area contributed by atoms with Crippen LogP contribution in [0.15, 0.2) is 36.8 Å². The molecule has 0 aliphatic heterocycles. The molecule has 0 radical (unpaired) electrons. The number of carbonyl (C=O) groups is 1. The molecule has 0 aliphatic carbocycles. The number of nitrogens with zero attached hydrogens (tertiary/aromatic N) is 2. The summed E-state index contributed by atoms with van der Waals surface area (Å²) < 4.78 is 26.4. The molecule has 0 fully saturated rings. The second-order valence-electron chi connectivity index (χ2n) is 4.41. The van der Waals surface area contributed by atoms with Gasteiger partial charge in [0.1, 0.15) is 11.6 Å². The summed E-state index contributed by atoms with van der Waals surface area (Å²) in [4.78, 5) is 19.5. The quantitative estimate of drug-likeness (QED) is 0.934. The molecule has 20 heavy (non-hydrogen) atoms. The minimum atomic E-state index is -0.648. The van der Waals surface area contributed by atoms with E-state index in [1.807, 2.05) is 0 Å². The van der Waals surface area contributed by atoms with Gasteiger partial charge >= 0.3 is 0 Å². The molecule has 0 aliphatic rings. The Labute approximate surface area is 114 Å². The number of hydrogen-bond acceptors (Lipinski definition) is 3. The van der Waals surface area contributed by atoms with E-state index in [-0.39, 0.29) is 18.2 Å². The van der Waals surface area contributed by atoms with Crippen LogP contribution in [0.4, 0.5) is 14.6 Å². The third-order valence-electron chi connectivity index (χ3n) is 2.82. The summed E-state index contributed by atoms with van der Waals surface area (Å²) in [5.74, 6) is -1.62. The average Bonchev–Trinajstić information content (AvgIpc) is 2.39. The summed E-state index contributed by atoms with van der Waals surface area (Å²) >= 11 is 0. The third kappa shape index (κ3) is 3.57. The average molecular weight is 277 g/mol. The van der Waals surface area contributed by atoms with Crippen molar-refractivity contribution < 1.29 is 13.6 Å². The predicted octanol–water partition coefficient (Wildman–Crippen LogP) is 2.89. The zero-order valence-corrected chi connectivity index (χ0v) is 10.8. The Kier molecular flexibility index (Phi) is 4.34. The lowest BCUT2D eigenvalue weighted by Crippen LogP contribution is -2.15. The molecule has 4 nitrogen and oxygen atoms in total. The van der Waals surface area contributed by atoms with Gasteiger partial charge in [0.2, 0.25) is 5.91 Å². The Morgan fingerprint density at radius 1 is 1.35 bits per heavy atom. The Morgan fingerprint density at radius 3 is 2.80 bits per heavy atom. The first-order valence-electron chi connectivity index (χ1n) is 6.07. The van der Waals surface area contributed by atoms with Gasteiger partial charge in [-0.15, -0.1) is 0 Å². The molecule has 2 rings (SSSR count). The van der Waals surface area contributed by atoms with Crippen LogP contribution >= 0.6 is 0 Å². The van der Waals surface area contributed by atoms with E-state index >= 15 is 0 Å². The number of anilines is 1. The molecule has 1 heterocycles. The lowest BCUT2D eigenvalue weighted by atomic mass is 9.97. The van der Waals surface area contributed by atoms with E-state index in [4.69, 9.17) is 0 Å². The summed E-state index contributed by atoms with van der Waals surface area (Å²) in [5.41, 5.74) is 0.306. The van der Waals surface area contributed by atoms with Crippen LogP contribution in [-0.2, 0) is 4.79 Å². The highest BCUT2D eigenvalue weighted by molar-refractivity contribution is 5.90. The molecule has 0 spiro atoms. The molecule has 0 saturated carbocycles. The summed E-state index contributed by atoms with van der Waals surface area (Å²) in [6.07, 6.45) is 4.44. The fourth-order valence-electron chi connectivity index (χ4n) is 1.85. The third-order valence-corrected chi connectivity index (χ3v) is 2.82. The number of aromatic nitrogens is 2. The molecule has 1 atom stereocenters. The largest absolute Gasteiger partial charge is 0.309 e. The SMILES string of the molecule is C[C@@H](CC(=O)Nc1cnccn1)c1ccc(F)cc1F. The Balaban J connectivity index is 2.00. The van der Waals surface area contributed by atoms with Crippen LogP contribution in [0.2, 0.25) is 0 Å². The van der Waals surface area contributed by atoms with E-state index in [0.29, 0.717) is 11.4 Å². The highest BCUT2D eigenvalue weighted by atomic mass is 19.1. The topological polar surface area (TPSA) is 54.9 Å². The first-order chi connectivity index (χ1) is 9.56. The Morgan fingerprint density at radius 2 is 2.15 bits per heavy atom. The lowest BCUT2D eigenvalue weighted by Gasteiger charge is -2.12. The van der Waals surface area contributed by atoms with E-state index < -0.39 is 11.6 Å². The summed E-state index contributed by atoms with van der Waals surface area (Å²) in [5, 5.41) is 2.56. The number of amides is 1. The zero-order chi connectivity index (χ0) is 14.5. The molecule has 0 bridgehead atoms. The van der Waals surface area contributed by atoms with Crippen LogP contribution in [-0.4, -0.2) is 15.9 Å². The van der Waals surface area contributed by atoms with Gasteiger partial charge < -0.3 is 5.32 Å². The van der Waals surface area contributed by atoms with E-state index in [1.54, 1.807) is 6.92 Å². The number of benzene rings is 1. The van der Waals surface area contributed by atoms with E-state index in [1.165, 1.54) is 30.7 Å². The summed E-state index contributed by atoms with van der Waals surface area (Å²) in [7, 11) is 0. The van der Waals surface area contributed by atoms with Crippen LogP contribution < -0.4 is 5.32 Å². The van der Waals surface area contributed by atoms with Crippen molar-refractivity contribution in [1.29, 1.82) is 0 Å². The zero-order valence-electron chi connectivity index (χ0n) is 10.8. The van der Waals surface area contributed by atoms with Gasteiger partial charge in [-0.2, -0.15) is 0 Å². The highest BCUT2D eigenvalue weighted by Gasteiger charge is 2.15. The predicted molar refractivity (Wildman–Crippen MR) is 70.1 cm³/mol. The number of carbonyl (C=O) groups excluding carboxylic acids is 1. The lowest BCUT2D eigenvalue weighted by molar-refractivity contribution is -0.116. The van der Waals surface area contributed by atoms with E-state index in [9.17, 15) is 13.6 Å². The van der Waals surface area contributed by atoms with Gasteiger partial charge in [0.05, 0.1) is 6.20 Å². The van der Waals surface area contributed by atoms with Crippen LogP contribution in [0.5, 0.6) is 0 Å². The maximum Gasteiger partial charge on any atom is 0.226 e. The minimum Gasteiger partial charge on any atom is -0.309 e. The standard InChI is InChI=1S/C14H13F2N3O/c1-9(11-3-2-10(15)7-12(11)16)6-14(20)19-13-8-17-4-5-18-13/h2-5,7-9H,6H2,1H3,(H,18,19,20)/t9-/m0/s1. The smallest absolute Gasteiger partial charge is 0.226 e. The molecule has 0 unspecified atom stereocenters. The van der Waals surface area contributed by atoms with Crippen molar-refractivity contribution in [3.8, 4) is 0 Å². The maximum atomic E-state index is 13.6. The van der Waals surface area contributed by atoms with Gasteiger partial charge in [-0.3, -0.25) is 9.78 Å². The Hall–Kier alpha value is -2.37. The monoisotopic (exact) mass is 277 g/mol. The Bertz CT molecular complexity index is 605. The molecule has 104 valence electrons. The normalized spacial score (nSPS) is 11.9. The van der Waals surface area contributed by atoms with Crippen LogP contribution in [0.25, 0.3) is 0 Å². The molecule has 1 N–H and O–H groups in total. The molecule has 2 aromatic rings. The fraction of sp³-hybridized carbons (Fsp3) is 0.214. The van der Waals surface area contributed by atoms with Crippen molar-refractivity contribution in [3.63, 3.8) is 0 Å². The number of halogens is 2. The molecular formula is C14H13F2N3O. The molecule has 1 aromatic heterocycles. The summed E-state index contributed by atoms with van der Waals surface area (Å²) in [6, 6.07) is 3.34. The van der Waals surface area contributed by atoms with Crippen molar-refractivity contribution >= 4 is 11.7 Å². The van der Waals surface area contributed by atoms with Crippen molar-refractivity contribution in [2.45, 2.75) is 19.3 Å².